The number of carboxylic acids is 1. The Hall–Kier alpha value is -2.42. The molecular formula is C23H21ClF6O3. The van der Waals surface area contributed by atoms with Gasteiger partial charge >= 0.3 is 18.3 Å². The zero-order valence-corrected chi connectivity index (χ0v) is 18.2. The second-order valence-electron chi connectivity index (χ2n) is 8.22. The van der Waals surface area contributed by atoms with Crippen molar-refractivity contribution in [2.45, 2.75) is 50.9 Å². The van der Waals surface area contributed by atoms with E-state index in [1.165, 1.54) is 6.07 Å². The van der Waals surface area contributed by atoms with Crippen LogP contribution in [0.3, 0.4) is 0 Å². The Morgan fingerprint density at radius 1 is 1.15 bits per heavy atom. The van der Waals surface area contributed by atoms with Crippen LogP contribution in [0.25, 0.3) is 11.1 Å². The molecule has 0 amide bonds. The van der Waals surface area contributed by atoms with E-state index < -0.39 is 30.5 Å². The molecule has 2 unspecified atom stereocenters. The van der Waals surface area contributed by atoms with E-state index in [1.807, 2.05) is 6.92 Å². The summed E-state index contributed by atoms with van der Waals surface area (Å²) < 4.78 is 82.2. The minimum Gasteiger partial charge on any atom is -0.483 e. The van der Waals surface area contributed by atoms with Crippen molar-refractivity contribution < 1.29 is 41.0 Å². The number of ether oxygens (including phenoxy) is 1. The van der Waals surface area contributed by atoms with Crippen LogP contribution in [0.4, 0.5) is 26.3 Å². The predicted molar refractivity (Wildman–Crippen MR) is 110 cm³/mol. The average molecular weight is 495 g/mol. The van der Waals surface area contributed by atoms with E-state index in [0.717, 1.165) is 24.3 Å². The van der Waals surface area contributed by atoms with Gasteiger partial charge in [0.1, 0.15) is 5.75 Å². The quantitative estimate of drug-likeness (QED) is 0.382. The molecule has 0 spiro atoms. The Labute approximate surface area is 191 Å². The summed E-state index contributed by atoms with van der Waals surface area (Å²) in [6.45, 7) is 0.324. The third-order valence-corrected chi connectivity index (χ3v) is 6.40. The van der Waals surface area contributed by atoms with Crippen molar-refractivity contribution in [1.82, 2.24) is 0 Å². The van der Waals surface area contributed by atoms with E-state index in [1.54, 1.807) is 6.07 Å². The highest BCUT2D eigenvalue weighted by atomic mass is 35.5. The largest absolute Gasteiger partial charge is 0.483 e. The molecule has 2 aromatic rings. The van der Waals surface area contributed by atoms with Gasteiger partial charge in [-0.15, -0.1) is 0 Å². The van der Waals surface area contributed by atoms with Gasteiger partial charge in [-0.25, -0.2) is 0 Å². The summed E-state index contributed by atoms with van der Waals surface area (Å²) in [7, 11) is 0. The lowest BCUT2D eigenvalue weighted by Gasteiger charge is -2.19. The van der Waals surface area contributed by atoms with Gasteiger partial charge in [0, 0.05) is 12.0 Å². The maximum atomic E-state index is 12.9. The van der Waals surface area contributed by atoms with Crippen LogP contribution >= 0.6 is 11.6 Å². The van der Waals surface area contributed by atoms with Crippen molar-refractivity contribution in [3.63, 3.8) is 0 Å². The number of carbonyl (C=O) groups is 1. The zero-order chi connectivity index (χ0) is 24.6. The number of carboxylic acid groups (broad SMARTS) is 1. The summed E-state index contributed by atoms with van der Waals surface area (Å²) in [6.07, 6.45) is -7.46. The molecule has 0 heterocycles. The van der Waals surface area contributed by atoms with Crippen LogP contribution in [-0.4, -0.2) is 23.9 Å². The fourth-order valence-electron chi connectivity index (χ4n) is 4.20. The molecule has 0 aromatic heterocycles. The Morgan fingerprint density at radius 3 is 2.30 bits per heavy atom. The third kappa shape index (κ3) is 5.93. The number of alkyl halides is 6. The van der Waals surface area contributed by atoms with Crippen molar-refractivity contribution in [1.29, 1.82) is 0 Å². The van der Waals surface area contributed by atoms with Crippen molar-refractivity contribution in [2.75, 3.05) is 6.61 Å². The highest BCUT2D eigenvalue weighted by Gasteiger charge is 2.53. The van der Waals surface area contributed by atoms with Crippen molar-refractivity contribution >= 4 is 17.6 Å². The van der Waals surface area contributed by atoms with E-state index in [9.17, 15) is 31.1 Å². The zero-order valence-electron chi connectivity index (χ0n) is 17.5. The molecular weight excluding hydrogens is 474 g/mol. The molecule has 1 aliphatic rings. The molecule has 180 valence electrons. The topological polar surface area (TPSA) is 46.5 Å². The molecule has 0 saturated heterocycles. The molecule has 1 aliphatic carbocycles. The van der Waals surface area contributed by atoms with Gasteiger partial charge in [0.25, 0.3) is 0 Å². The number of hydrogen-bond donors (Lipinski definition) is 1. The molecule has 2 aromatic carbocycles. The minimum absolute atomic E-state index is 0.0286. The predicted octanol–water partition coefficient (Wildman–Crippen LogP) is 7.72. The van der Waals surface area contributed by atoms with E-state index in [-0.39, 0.29) is 39.7 Å². The first-order chi connectivity index (χ1) is 15.3. The Kier molecular flexibility index (Phi) is 6.94. The monoisotopic (exact) mass is 494 g/mol. The van der Waals surface area contributed by atoms with E-state index in [4.69, 9.17) is 21.4 Å². The Balaban J connectivity index is 1.99. The van der Waals surface area contributed by atoms with Crippen LogP contribution < -0.4 is 4.74 Å². The fraction of sp³-hybridized carbons (Fsp3) is 0.435. The maximum Gasteiger partial charge on any atom is 0.422 e. The summed E-state index contributed by atoms with van der Waals surface area (Å²) >= 11 is 6.41. The maximum absolute atomic E-state index is 12.9. The van der Waals surface area contributed by atoms with Gasteiger partial charge < -0.3 is 9.84 Å². The first-order valence-electron chi connectivity index (χ1n) is 10.2. The normalized spacial score (nSPS) is 20.5. The SMILES string of the molecule is CCC1(CCC(=O)O)CC1c1cc(Cl)c(-c2ccc(C(F)(F)F)cc2)c(OCC(F)(F)F)c1. The molecule has 1 fully saturated rings. The number of rotatable bonds is 8. The molecule has 0 radical (unpaired) electrons. The van der Waals surface area contributed by atoms with Gasteiger partial charge in [0.05, 0.1) is 10.6 Å². The Bertz CT molecular complexity index is 1020. The fourth-order valence-corrected chi connectivity index (χ4v) is 4.53. The number of halogens is 7. The molecule has 3 nitrogen and oxygen atoms in total. The van der Waals surface area contributed by atoms with Crippen LogP contribution in [0, 0.1) is 5.41 Å². The van der Waals surface area contributed by atoms with Gasteiger partial charge in [0.2, 0.25) is 0 Å². The van der Waals surface area contributed by atoms with Gasteiger partial charge in [-0.1, -0.05) is 30.7 Å². The van der Waals surface area contributed by atoms with Gasteiger partial charge in [-0.3, -0.25) is 4.79 Å². The second-order valence-corrected chi connectivity index (χ2v) is 8.63. The molecule has 2 atom stereocenters. The molecule has 33 heavy (non-hydrogen) atoms. The summed E-state index contributed by atoms with van der Waals surface area (Å²) in [4.78, 5) is 11.0. The van der Waals surface area contributed by atoms with E-state index in [0.29, 0.717) is 24.8 Å². The van der Waals surface area contributed by atoms with Crippen LogP contribution in [-0.2, 0) is 11.0 Å². The molecule has 1 saturated carbocycles. The van der Waals surface area contributed by atoms with Crippen LogP contribution in [0.1, 0.15) is 49.7 Å². The van der Waals surface area contributed by atoms with Crippen LogP contribution in [0.15, 0.2) is 36.4 Å². The number of benzene rings is 2. The summed E-state index contributed by atoms with van der Waals surface area (Å²) in [6, 6.07) is 6.89. The van der Waals surface area contributed by atoms with Gasteiger partial charge in [-0.05, 0) is 66.0 Å². The van der Waals surface area contributed by atoms with Gasteiger partial charge in [0.15, 0.2) is 6.61 Å². The van der Waals surface area contributed by atoms with Crippen LogP contribution in [0.5, 0.6) is 5.75 Å². The van der Waals surface area contributed by atoms with Crippen LogP contribution in [0.2, 0.25) is 5.02 Å². The molecule has 0 aliphatic heterocycles. The lowest BCUT2D eigenvalue weighted by Crippen LogP contribution is -2.19. The molecule has 10 heteroatoms. The summed E-state index contributed by atoms with van der Waals surface area (Å²) in [5, 5.41) is 9.05. The Morgan fingerprint density at radius 2 is 1.79 bits per heavy atom. The first-order valence-corrected chi connectivity index (χ1v) is 10.6. The smallest absolute Gasteiger partial charge is 0.422 e. The lowest BCUT2D eigenvalue weighted by molar-refractivity contribution is -0.153. The first kappa shape index (κ1) is 25.2. The van der Waals surface area contributed by atoms with Crippen molar-refractivity contribution in [3.8, 4) is 16.9 Å². The highest BCUT2D eigenvalue weighted by Crippen LogP contribution is 2.65. The van der Waals surface area contributed by atoms with E-state index >= 15 is 0 Å². The average Bonchev–Trinajstić information content (AvgIpc) is 3.44. The number of aliphatic carboxylic acids is 1. The molecule has 1 N–H and O–H groups in total. The molecule has 3 rings (SSSR count). The lowest BCUT2D eigenvalue weighted by atomic mass is 9.90. The second kappa shape index (κ2) is 9.08. The van der Waals surface area contributed by atoms with Crippen molar-refractivity contribution in [2.24, 2.45) is 5.41 Å². The van der Waals surface area contributed by atoms with E-state index in [2.05, 4.69) is 0 Å². The third-order valence-electron chi connectivity index (χ3n) is 6.10. The number of hydrogen-bond acceptors (Lipinski definition) is 2. The standard InChI is InChI=1S/C23H21ClF6O3/c1-2-21(8-7-19(31)32)11-16(21)14-9-17(24)20(18(10-14)33-12-22(25,26)27)13-3-5-15(6-4-13)23(28,29)30/h3-6,9-10,16H,2,7-8,11-12H2,1H3,(H,31,32). The summed E-state index contributed by atoms with van der Waals surface area (Å²) in [5.41, 5.74) is -0.341. The minimum atomic E-state index is -4.63. The van der Waals surface area contributed by atoms with Gasteiger partial charge in [-0.2, -0.15) is 26.3 Å². The summed E-state index contributed by atoms with van der Waals surface area (Å²) in [5.74, 6) is -1.22. The highest BCUT2D eigenvalue weighted by molar-refractivity contribution is 6.33. The molecule has 0 bridgehead atoms. The van der Waals surface area contributed by atoms with Crippen molar-refractivity contribution in [3.05, 3.63) is 52.5 Å².